The molecule has 0 spiro atoms. The summed E-state index contributed by atoms with van der Waals surface area (Å²) in [6.07, 6.45) is 1.93. The Morgan fingerprint density at radius 2 is 1.53 bits per heavy atom. The van der Waals surface area contributed by atoms with Crippen LogP contribution in [0.4, 0.5) is 5.69 Å². The van der Waals surface area contributed by atoms with Crippen LogP contribution in [0, 0.1) is 13.8 Å². The Labute approximate surface area is 270 Å². The summed E-state index contributed by atoms with van der Waals surface area (Å²) in [7, 11) is 0. The number of hydrogen-bond donors (Lipinski definition) is 1. The highest BCUT2D eigenvalue weighted by molar-refractivity contribution is 8.04. The first-order valence-corrected chi connectivity index (χ1v) is 16.5. The second-order valence-electron chi connectivity index (χ2n) is 11.9. The topological polar surface area (TPSA) is 55.9 Å². The molecule has 4 aromatic rings. The fourth-order valence-electron chi connectivity index (χ4n) is 5.88. The van der Waals surface area contributed by atoms with Crippen molar-refractivity contribution in [3.63, 3.8) is 0 Å². The van der Waals surface area contributed by atoms with Crippen LogP contribution in [0.2, 0.25) is 0 Å². The zero-order chi connectivity index (χ0) is 31.2. The third kappa shape index (κ3) is 7.74. The second-order valence-corrected chi connectivity index (χ2v) is 13.0. The lowest BCUT2D eigenvalue weighted by Crippen LogP contribution is -2.48. The van der Waals surface area contributed by atoms with E-state index in [4.69, 9.17) is 0 Å². The zero-order valence-electron chi connectivity index (χ0n) is 26.0. The van der Waals surface area contributed by atoms with Crippen molar-refractivity contribution in [2.45, 2.75) is 31.8 Å². The molecule has 1 saturated heterocycles. The molecule has 2 aliphatic rings. The summed E-state index contributed by atoms with van der Waals surface area (Å²) < 4.78 is 0. The van der Waals surface area contributed by atoms with Crippen LogP contribution >= 0.6 is 11.8 Å². The Balaban J connectivity index is 1.04. The van der Waals surface area contributed by atoms with E-state index in [0.717, 1.165) is 61.0 Å². The van der Waals surface area contributed by atoms with Gasteiger partial charge in [-0.1, -0.05) is 90.1 Å². The van der Waals surface area contributed by atoms with Gasteiger partial charge in [0.2, 0.25) is 0 Å². The number of thioether (sulfide) groups is 1. The molecule has 2 heterocycles. The number of hydrogen-bond acceptors (Lipinski definition) is 5. The van der Waals surface area contributed by atoms with E-state index in [9.17, 15) is 9.59 Å². The van der Waals surface area contributed by atoms with Crippen molar-refractivity contribution in [3.05, 3.63) is 135 Å². The lowest BCUT2D eigenvalue weighted by atomic mass is 10.0. The SMILES string of the molecule is Cc1ccc(C)c(CN2C(=O)/C(=C\c3ccc(C(=O)NCCN4CCN(Cc5ccccc5)CC4)cc3)Sc3ccccc32)c1. The summed E-state index contributed by atoms with van der Waals surface area (Å²) in [6.45, 7) is 11.2. The van der Waals surface area contributed by atoms with Crippen LogP contribution in [-0.2, 0) is 17.9 Å². The van der Waals surface area contributed by atoms with Crippen molar-refractivity contribution >= 4 is 35.3 Å². The van der Waals surface area contributed by atoms with E-state index < -0.39 is 0 Å². The van der Waals surface area contributed by atoms with Gasteiger partial charge in [0.05, 0.1) is 17.1 Å². The molecule has 7 heteroatoms. The normalized spacial score (nSPS) is 16.5. The number of amides is 2. The van der Waals surface area contributed by atoms with Gasteiger partial charge in [-0.25, -0.2) is 0 Å². The van der Waals surface area contributed by atoms with E-state index in [1.54, 1.807) is 0 Å². The monoisotopic (exact) mass is 616 g/mol. The number of nitrogens with one attached hydrogen (secondary N) is 1. The van der Waals surface area contributed by atoms with Crippen LogP contribution < -0.4 is 10.2 Å². The molecule has 4 aromatic carbocycles. The highest BCUT2D eigenvalue weighted by Crippen LogP contribution is 2.42. The van der Waals surface area contributed by atoms with Crippen LogP contribution in [0.3, 0.4) is 0 Å². The summed E-state index contributed by atoms with van der Waals surface area (Å²) >= 11 is 1.50. The first-order chi connectivity index (χ1) is 21.9. The van der Waals surface area contributed by atoms with Gasteiger partial charge in [-0.3, -0.25) is 19.4 Å². The quantitative estimate of drug-likeness (QED) is 0.217. The number of rotatable bonds is 9. The maximum Gasteiger partial charge on any atom is 0.265 e. The first-order valence-electron chi connectivity index (χ1n) is 15.7. The van der Waals surface area contributed by atoms with Crippen molar-refractivity contribution in [2.75, 3.05) is 44.2 Å². The lowest BCUT2D eigenvalue weighted by molar-refractivity contribution is -0.114. The number of fused-ring (bicyclic) bond motifs is 1. The molecule has 230 valence electrons. The van der Waals surface area contributed by atoms with Crippen LogP contribution in [0.15, 0.2) is 107 Å². The van der Waals surface area contributed by atoms with Gasteiger partial charge in [0, 0.05) is 56.3 Å². The highest BCUT2D eigenvalue weighted by atomic mass is 32.2. The molecule has 0 atom stereocenters. The van der Waals surface area contributed by atoms with Gasteiger partial charge in [-0.2, -0.15) is 0 Å². The van der Waals surface area contributed by atoms with Gasteiger partial charge in [0.25, 0.3) is 11.8 Å². The van der Waals surface area contributed by atoms with E-state index in [0.29, 0.717) is 23.6 Å². The molecule has 6 rings (SSSR count). The molecular formula is C38H40N4O2S. The third-order valence-electron chi connectivity index (χ3n) is 8.56. The van der Waals surface area contributed by atoms with Crippen molar-refractivity contribution in [3.8, 4) is 0 Å². The smallest absolute Gasteiger partial charge is 0.265 e. The standard InChI is InChI=1S/C38H40N4O2S/c1-28-12-13-29(2)33(24-28)27-42-34-10-6-7-11-35(34)45-36(38(42)44)25-30-14-16-32(17-15-30)37(43)39-18-19-40-20-22-41(23-21-40)26-31-8-4-3-5-9-31/h3-17,24-25H,18-23,26-27H2,1-2H3,(H,39,43)/b36-25+. The number of anilines is 1. The summed E-state index contributed by atoms with van der Waals surface area (Å²) in [5.41, 5.74) is 7.29. The minimum Gasteiger partial charge on any atom is -0.351 e. The fraction of sp³-hybridized carbons (Fsp3) is 0.263. The number of para-hydroxylation sites is 1. The zero-order valence-corrected chi connectivity index (χ0v) is 26.9. The minimum atomic E-state index is -0.0753. The van der Waals surface area contributed by atoms with Gasteiger partial charge >= 0.3 is 0 Å². The van der Waals surface area contributed by atoms with Crippen LogP contribution in [0.5, 0.6) is 0 Å². The number of aryl methyl sites for hydroxylation is 2. The van der Waals surface area contributed by atoms with Crippen LogP contribution in [0.25, 0.3) is 6.08 Å². The van der Waals surface area contributed by atoms with E-state index in [-0.39, 0.29) is 11.8 Å². The Morgan fingerprint density at radius 3 is 2.31 bits per heavy atom. The van der Waals surface area contributed by atoms with Gasteiger partial charge in [-0.15, -0.1) is 0 Å². The van der Waals surface area contributed by atoms with Gasteiger partial charge in [-0.05, 0) is 66.4 Å². The third-order valence-corrected chi connectivity index (χ3v) is 9.64. The maximum absolute atomic E-state index is 13.8. The number of nitrogens with zero attached hydrogens (tertiary/aromatic N) is 3. The van der Waals surface area contributed by atoms with E-state index in [2.05, 4.69) is 83.6 Å². The largest absolute Gasteiger partial charge is 0.351 e. The Kier molecular flexibility index (Phi) is 9.79. The average molecular weight is 617 g/mol. The summed E-state index contributed by atoms with van der Waals surface area (Å²) in [6, 6.07) is 32.6. The Hall–Kier alpha value is -4.17. The van der Waals surface area contributed by atoms with E-state index in [1.807, 2.05) is 53.4 Å². The average Bonchev–Trinajstić information content (AvgIpc) is 3.06. The summed E-state index contributed by atoms with van der Waals surface area (Å²) in [5, 5.41) is 3.08. The molecule has 45 heavy (non-hydrogen) atoms. The first kappa shape index (κ1) is 30.8. The molecule has 2 aliphatic heterocycles. The maximum atomic E-state index is 13.8. The number of piperazine rings is 1. The Morgan fingerprint density at radius 1 is 0.822 bits per heavy atom. The minimum absolute atomic E-state index is 0.0117. The number of carbonyl (C=O) groups excluding carboxylic acids is 2. The van der Waals surface area contributed by atoms with Crippen molar-refractivity contribution in [1.29, 1.82) is 0 Å². The predicted octanol–water partition coefficient (Wildman–Crippen LogP) is 6.53. The van der Waals surface area contributed by atoms with Crippen molar-refractivity contribution in [1.82, 2.24) is 15.1 Å². The Bertz CT molecular complexity index is 1680. The molecule has 0 aromatic heterocycles. The van der Waals surface area contributed by atoms with E-state index in [1.165, 1.54) is 28.5 Å². The summed E-state index contributed by atoms with van der Waals surface area (Å²) in [4.78, 5) is 35.2. The molecular weight excluding hydrogens is 577 g/mol. The molecule has 0 bridgehead atoms. The molecule has 0 unspecified atom stereocenters. The lowest BCUT2D eigenvalue weighted by Gasteiger charge is -2.34. The van der Waals surface area contributed by atoms with Gasteiger partial charge in [0.15, 0.2) is 0 Å². The van der Waals surface area contributed by atoms with Gasteiger partial charge in [0.1, 0.15) is 0 Å². The molecule has 0 radical (unpaired) electrons. The molecule has 2 amide bonds. The number of carbonyl (C=O) groups is 2. The number of benzene rings is 4. The predicted molar refractivity (Wildman–Crippen MR) is 184 cm³/mol. The fourth-order valence-corrected chi connectivity index (χ4v) is 6.94. The van der Waals surface area contributed by atoms with Crippen molar-refractivity contribution in [2.24, 2.45) is 0 Å². The molecule has 6 nitrogen and oxygen atoms in total. The second kappa shape index (κ2) is 14.3. The summed E-state index contributed by atoms with van der Waals surface area (Å²) in [5.74, 6) is -0.0870. The van der Waals surface area contributed by atoms with E-state index >= 15 is 0 Å². The highest BCUT2D eigenvalue weighted by Gasteiger charge is 2.29. The van der Waals surface area contributed by atoms with Gasteiger partial charge < -0.3 is 10.2 Å². The van der Waals surface area contributed by atoms with Crippen molar-refractivity contribution < 1.29 is 9.59 Å². The molecule has 0 saturated carbocycles. The molecule has 1 fully saturated rings. The molecule has 0 aliphatic carbocycles. The molecule has 1 N–H and O–H groups in total. The van der Waals surface area contributed by atoms with Crippen LogP contribution in [-0.4, -0.2) is 60.9 Å². The van der Waals surface area contributed by atoms with Crippen LogP contribution in [0.1, 0.15) is 38.2 Å².